The molecule has 2 rings (SSSR count). The number of benzene rings is 1. The Labute approximate surface area is 113 Å². The van der Waals surface area contributed by atoms with Crippen molar-refractivity contribution in [2.45, 2.75) is 32.8 Å². The summed E-state index contributed by atoms with van der Waals surface area (Å²) in [6.45, 7) is 6.52. The molecule has 2 aromatic rings. The molecule has 0 saturated heterocycles. The Morgan fingerprint density at radius 3 is 2.37 bits per heavy atom. The monoisotopic (exact) mass is 257 g/mol. The minimum absolute atomic E-state index is 0.0121. The molecule has 19 heavy (non-hydrogen) atoms. The van der Waals surface area contributed by atoms with Gasteiger partial charge in [0.25, 0.3) is 0 Å². The lowest BCUT2D eigenvalue weighted by Crippen LogP contribution is -2.10. The maximum atomic E-state index is 9.07. The first kappa shape index (κ1) is 13.6. The molecule has 1 aromatic heterocycles. The van der Waals surface area contributed by atoms with Crippen molar-refractivity contribution in [3.63, 3.8) is 0 Å². The fourth-order valence-corrected chi connectivity index (χ4v) is 1.75. The number of aromatic nitrogens is 1. The molecule has 0 spiro atoms. The first-order chi connectivity index (χ1) is 8.99. The summed E-state index contributed by atoms with van der Waals surface area (Å²) >= 11 is 0. The molecule has 0 bridgehead atoms. The van der Waals surface area contributed by atoms with Crippen molar-refractivity contribution in [3.05, 3.63) is 53.7 Å². The molecule has 0 radical (unpaired) electrons. The van der Waals surface area contributed by atoms with Crippen LogP contribution in [-0.4, -0.2) is 10.1 Å². The zero-order valence-corrected chi connectivity index (χ0v) is 11.6. The van der Waals surface area contributed by atoms with E-state index in [1.807, 2.05) is 12.1 Å². The Morgan fingerprint density at radius 2 is 1.79 bits per heavy atom. The van der Waals surface area contributed by atoms with E-state index >= 15 is 0 Å². The van der Waals surface area contributed by atoms with Gasteiger partial charge in [-0.1, -0.05) is 32.9 Å². The van der Waals surface area contributed by atoms with Crippen LogP contribution in [0.1, 0.15) is 31.9 Å². The molecule has 3 nitrogen and oxygen atoms in total. The van der Waals surface area contributed by atoms with E-state index in [0.29, 0.717) is 5.88 Å². The Balaban J connectivity index is 2.15. The van der Waals surface area contributed by atoms with Crippen LogP contribution in [0.5, 0.6) is 11.6 Å². The molecule has 0 unspecified atom stereocenters. The highest BCUT2D eigenvalue weighted by molar-refractivity contribution is 5.33. The van der Waals surface area contributed by atoms with Gasteiger partial charge in [0.15, 0.2) is 0 Å². The van der Waals surface area contributed by atoms with Gasteiger partial charge in [-0.3, -0.25) is 0 Å². The van der Waals surface area contributed by atoms with Gasteiger partial charge < -0.3 is 9.84 Å². The average Bonchev–Trinajstić information content (AvgIpc) is 2.38. The third-order valence-electron chi connectivity index (χ3n) is 2.92. The summed E-state index contributed by atoms with van der Waals surface area (Å²) in [5.74, 6) is 1.24. The Kier molecular flexibility index (Phi) is 3.86. The third kappa shape index (κ3) is 3.55. The maximum absolute atomic E-state index is 9.07. The van der Waals surface area contributed by atoms with Crippen LogP contribution in [0.15, 0.2) is 42.6 Å². The van der Waals surface area contributed by atoms with E-state index in [9.17, 15) is 0 Å². The molecule has 0 fully saturated rings. The van der Waals surface area contributed by atoms with E-state index in [-0.39, 0.29) is 12.0 Å². The Hall–Kier alpha value is -1.87. The standard InChI is InChI=1S/C16H19NO2/c1-16(2,3)13-4-6-14(7-5-13)19-15-10-12(11-18)8-9-17-15/h4-10,18H,11H2,1-3H3. The number of aliphatic hydroxyl groups excluding tert-OH is 1. The van der Waals surface area contributed by atoms with Crippen LogP contribution in [0.4, 0.5) is 0 Å². The van der Waals surface area contributed by atoms with Crippen molar-refractivity contribution in [2.75, 3.05) is 0 Å². The molecule has 100 valence electrons. The van der Waals surface area contributed by atoms with Crippen molar-refractivity contribution in [3.8, 4) is 11.6 Å². The molecule has 0 atom stereocenters. The van der Waals surface area contributed by atoms with Gasteiger partial charge >= 0.3 is 0 Å². The predicted octanol–water partition coefficient (Wildman–Crippen LogP) is 3.66. The van der Waals surface area contributed by atoms with E-state index in [1.54, 1.807) is 18.3 Å². The van der Waals surface area contributed by atoms with Crippen molar-refractivity contribution in [2.24, 2.45) is 0 Å². The third-order valence-corrected chi connectivity index (χ3v) is 2.92. The highest BCUT2D eigenvalue weighted by atomic mass is 16.5. The topological polar surface area (TPSA) is 42.4 Å². The van der Waals surface area contributed by atoms with Crippen LogP contribution in [-0.2, 0) is 12.0 Å². The summed E-state index contributed by atoms with van der Waals surface area (Å²) in [6.07, 6.45) is 1.63. The number of ether oxygens (including phenoxy) is 1. The van der Waals surface area contributed by atoms with Gasteiger partial charge in [-0.15, -0.1) is 0 Å². The second-order valence-corrected chi connectivity index (χ2v) is 5.54. The van der Waals surface area contributed by atoms with Gasteiger partial charge in [-0.2, -0.15) is 0 Å². The van der Waals surface area contributed by atoms with Crippen LogP contribution < -0.4 is 4.74 Å². The Morgan fingerprint density at radius 1 is 1.11 bits per heavy atom. The maximum Gasteiger partial charge on any atom is 0.219 e. The first-order valence-corrected chi connectivity index (χ1v) is 6.33. The number of hydrogen-bond acceptors (Lipinski definition) is 3. The quantitative estimate of drug-likeness (QED) is 0.912. The fraction of sp³-hybridized carbons (Fsp3) is 0.312. The highest BCUT2D eigenvalue weighted by Gasteiger charge is 2.13. The zero-order chi connectivity index (χ0) is 13.9. The number of nitrogens with zero attached hydrogens (tertiary/aromatic N) is 1. The van der Waals surface area contributed by atoms with Gasteiger partial charge in [0, 0.05) is 12.3 Å². The summed E-state index contributed by atoms with van der Waals surface area (Å²) in [5, 5.41) is 9.07. The van der Waals surface area contributed by atoms with E-state index < -0.39 is 0 Å². The lowest BCUT2D eigenvalue weighted by molar-refractivity contribution is 0.281. The van der Waals surface area contributed by atoms with Crippen molar-refractivity contribution < 1.29 is 9.84 Å². The summed E-state index contributed by atoms with van der Waals surface area (Å²) in [4.78, 5) is 4.12. The predicted molar refractivity (Wildman–Crippen MR) is 75.4 cm³/mol. The van der Waals surface area contributed by atoms with Crippen LogP contribution in [0.2, 0.25) is 0 Å². The summed E-state index contributed by atoms with van der Waals surface area (Å²) in [6, 6.07) is 11.5. The molecule has 1 heterocycles. The van der Waals surface area contributed by atoms with Crippen LogP contribution in [0.25, 0.3) is 0 Å². The lowest BCUT2D eigenvalue weighted by Gasteiger charge is -2.19. The molecule has 0 aliphatic carbocycles. The number of aliphatic hydroxyl groups is 1. The van der Waals surface area contributed by atoms with Crippen molar-refractivity contribution in [1.82, 2.24) is 4.98 Å². The second kappa shape index (κ2) is 5.41. The molecule has 0 amide bonds. The second-order valence-electron chi connectivity index (χ2n) is 5.54. The van der Waals surface area contributed by atoms with E-state index in [2.05, 4.69) is 37.9 Å². The van der Waals surface area contributed by atoms with Gasteiger partial charge in [0.05, 0.1) is 6.61 Å². The van der Waals surface area contributed by atoms with E-state index in [4.69, 9.17) is 9.84 Å². The SMILES string of the molecule is CC(C)(C)c1ccc(Oc2cc(CO)ccn2)cc1. The van der Waals surface area contributed by atoms with Gasteiger partial charge in [-0.05, 0) is 34.7 Å². The lowest BCUT2D eigenvalue weighted by atomic mass is 9.87. The largest absolute Gasteiger partial charge is 0.439 e. The first-order valence-electron chi connectivity index (χ1n) is 6.33. The molecule has 3 heteroatoms. The number of hydrogen-bond donors (Lipinski definition) is 1. The van der Waals surface area contributed by atoms with Gasteiger partial charge in [0.1, 0.15) is 5.75 Å². The summed E-state index contributed by atoms with van der Waals surface area (Å²) in [7, 11) is 0. The van der Waals surface area contributed by atoms with Gasteiger partial charge in [0.2, 0.25) is 5.88 Å². The number of rotatable bonds is 3. The van der Waals surface area contributed by atoms with Crippen LogP contribution >= 0.6 is 0 Å². The van der Waals surface area contributed by atoms with Crippen molar-refractivity contribution in [1.29, 1.82) is 0 Å². The number of pyridine rings is 1. The molecule has 0 aliphatic rings. The summed E-state index contributed by atoms with van der Waals surface area (Å²) < 4.78 is 5.67. The van der Waals surface area contributed by atoms with E-state index in [0.717, 1.165) is 11.3 Å². The molecular formula is C16H19NO2. The minimum atomic E-state index is -0.0121. The van der Waals surface area contributed by atoms with Gasteiger partial charge in [-0.25, -0.2) is 4.98 Å². The normalized spacial score (nSPS) is 11.4. The van der Waals surface area contributed by atoms with Crippen molar-refractivity contribution >= 4 is 0 Å². The highest BCUT2D eigenvalue weighted by Crippen LogP contribution is 2.26. The summed E-state index contributed by atoms with van der Waals surface area (Å²) in [5.41, 5.74) is 2.18. The smallest absolute Gasteiger partial charge is 0.219 e. The molecule has 0 saturated carbocycles. The minimum Gasteiger partial charge on any atom is -0.439 e. The molecule has 1 aromatic carbocycles. The average molecular weight is 257 g/mol. The molecule has 1 N–H and O–H groups in total. The molecular weight excluding hydrogens is 238 g/mol. The van der Waals surface area contributed by atoms with Crippen LogP contribution in [0, 0.1) is 0 Å². The zero-order valence-electron chi connectivity index (χ0n) is 11.6. The fourth-order valence-electron chi connectivity index (χ4n) is 1.75. The van der Waals surface area contributed by atoms with Crippen LogP contribution in [0.3, 0.4) is 0 Å². The Bertz CT molecular complexity index is 541. The van der Waals surface area contributed by atoms with E-state index in [1.165, 1.54) is 5.56 Å². The molecule has 0 aliphatic heterocycles.